The Bertz CT molecular complexity index is 1510. The van der Waals surface area contributed by atoms with Crippen molar-refractivity contribution in [2.45, 2.75) is 25.3 Å². The largest absolute Gasteiger partial charge is 0.371 e. The molecule has 2 atom stereocenters. The Hall–Kier alpha value is -4.25. The molecule has 3 aromatic rings. The topological polar surface area (TPSA) is 134 Å². The van der Waals surface area contributed by atoms with Crippen LogP contribution in [-0.4, -0.2) is 78.2 Å². The molecule has 3 fully saturated rings. The lowest BCUT2D eigenvalue weighted by Crippen LogP contribution is -2.48. The van der Waals surface area contributed by atoms with Crippen LogP contribution in [-0.2, 0) is 9.59 Å². The first-order valence-electron chi connectivity index (χ1n) is 13.8. The number of piperazine rings is 1. The summed E-state index contributed by atoms with van der Waals surface area (Å²) in [6.45, 7) is 6.81. The van der Waals surface area contributed by atoms with Gasteiger partial charge in [0, 0.05) is 74.6 Å². The van der Waals surface area contributed by atoms with E-state index in [1.54, 1.807) is 18.3 Å². The fraction of sp³-hybridized carbons (Fsp3) is 0.414. The van der Waals surface area contributed by atoms with Crippen LogP contribution in [0.4, 0.5) is 11.4 Å². The number of benzene rings is 2. The summed E-state index contributed by atoms with van der Waals surface area (Å²) in [7, 11) is 0. The zero-order valence-electron chi connectivity index (χ0n) is 22.3. The molecule has 11 heteroatoms. The number of aromatic nitrogens is 2. The number of piperidine rings is 1. The molecule has 0 aliphatic carbocycles. The van der Waals surface area contributed by atoms with Crippen LogP contribution in [0.25, 0.3) is 10.8 Å². The lowest BCUT2D eigenvalue weighted by atomic mass is 10.1. The van der Waals surface area contributed by atoms with Crippen LogP contribution in [0.5, 0.6) is 0 Å². The molecule has 0 spiro atoms. The van der Waals surface area contributed by atoms with Crippen molar-refractivity contribution in [3.05, 3.63) is 64.6 Å². The zero-order valence-corrected chi connectivity index (χ0v) is 22.3. The molecule has 3 N–H and O–H groups in total. The van der Waals surface area contributed by atoms with E-state index in [9.17, 15) is 19.2 Å². The number of carbonyl (C=O) groups excluding carboxylic acids is 3. The standard InChI is InChI=1S/C29H33N7O4/c30-27(38)20-1-3-22(4-2-20)35-10-9-19(18-35)17-33-11-13-34(14-12-33)23-5-6-24-21(15-23)16-31-36(29(24)40)25-7-8-26(37)32-28(25)39/h1-6,15-16,19,25H,7-14,17-18H2,(H2,30,38)(H,32,37,39)/t19?,25-/m1/s1. The van der Waals surface area contributed by atoms with E-state index < -0.39 is 17.9 Å². The van der Waals surface area contributed by atoms with Gasteiger partial charge in [-0.2, -0.15) is 5.10 Å². The first-order valence-corrected chi connectivity index (χ1v) is 13.8. The highest BCUT2D eigenvalue weighted by Gasteiger charge is 2.30. The van der Waals surface area contributed by atoms with Gasteiger partial charge in [0.25, 0.3) is 11.5 Å². The van der Waals surface area contributed by atoms with Crippen LogP contribution in [0.15, 0.2) is 53.5 Å². The van der Waals surface area contributed by atoms with Crippen molar-refractivity contribution in [2.24, 2.45) is 11.7 Å². The third-order valence-corrected chi connectivity index (χ3v) is 8.36. The molecular weight excluding hydrogens is 510 g/mol. The molecule has 1 unspecified atom stereocenters. The predicted octanol–water partition coefficient (Wildman–Crippen LogP) is 1.12. The van der Waals surface area contributed by atoms with E-state index >= 15 is 0 Å². The summed E-state index contributed by atoms with van der Waals surface area (Å²) >= 11 is 0. The maximum atomic E-state index is 13.1. The highest BCUT2D eigenvalue weighted by atomic mass is 16.2. The second-order valence-corrected chi connectivity index (χ2v) is 10.9. The third-order valence-electron chi connectivity index (χ3n) is 8.36. The smallest absolute Gasteiger partial charge is 0.275 e. The number of nitrogens with one attached hydrogen (secondary N) is 1. The van der Waals surface area contributed by atoms with Gasteiger partial charge in [-0.1, -0.05) is 0 Å². The monoisotopic (exact) mass is 543 g/mol. The molecule has 208 valence electrons. The zero-order chi connectivity index (χ0) is 27.8. The first kappa shape index (κ1) is 26.0. The number of imide groups is 1. The van der Waals surface area contributed by atoms with Gasteiger partial charge >= 0.3 is 0 Å². The van der Waals surface area contributed by atoms with E-state index in [4.69, 9.17) is 5.73 Å². The van der Waals surface area contributed by atoms with Gasteiger partial charge in [0.2, 0.25) is 11.8 Å². The van der Waals surface area contributed by atoms with Gasteiger partial charge in [0.15, 0.2) is 0 Å². The summed E-state index contributed by atoms with van der Waals surface area (Å²) < 4.78 is 1.20. The molecule has 0 radical (unpaired) electrons. The van der Waals surface area contributed by atoms with Crippen LogP contribution in [0.2, 0.25) is 0 Å². The number of carbonyl (C=O) groups is 3. The average Bonchev–Trinajstić information content (AvgIpc) is 3.42. The van der Waals surface area contributed by atoms with Crippen LogP contribution in [0.3, 0.4) is 0 Å². The first-order chi connectivity index (χ1) is 19.4. The number of anilines is 2. The maximum Gasteiger partial charge on any atom is 0.275 e. The van der Waals surface area contributed by atoms with Crippen molar-refractivity contribution in [3.8, 4) is 0 Å². The van der Waals surface area contributed by atoms with Crippen LogP contribution in [0.1, 0.15) is 35.7 Å². The number of fused-ring (bicyclic) bond motifs is 1. The van der Waals surface area contributed by atoms with Crippen molar-refractivity contribution in [1.82, 2.24) is 20.0 Å². The van der Waals surface area contributed by atoms with Crippen LogP contribution < -0.4 is 26.4 Å². The molecule has 1 aromatic heterocycles. The Balaban J connectivity index is 1.05. The van der Waals surface area contributed by atoms with E-state index in [1.165, 1.54) is 4.68 Å². The van der Waals surface area contributed by atoms with E-state index in [0.29, 0.717) is 16.9 Å². The summed E-state index contributed by atoms with van der Waals surface area (Å²) in [5.74, 6) is -0.610. The Morgan fingerprint density at radius 3 is 2.40 bits per heavy atom. The molecule has 3 saturated heterocycles. The van der Waals surface area contributed by atoms with Crippen molar-refractivity contribution in [2.75, 3.05) is 55.6 Å². The van der Waals surface area contributed by atoms with Gasteiger partial charge in [0.1, 0.15) is 6.04 Å². The van der Waals surface area contributed by atoms with Gasteiger partial charge in [-0.25, -0.2) is 4.68 Å². The number of nitrogens with zero attached hydrogens (tertiary/aromatic N) is 5. The molecule has 2 aromatic carbocycles. The molecule has 0 saturated carbocycles. The normalized spacial score (nSPS) is 22.1. The number of rotatable bonds is 6. The number of amides is 3. The molecule has 40 heavy (non-hydrogen) atoms. The molecule has 0 bridgehead atoms. The van der Waals surface area contributed by atoms with Gasteiger partial charge in [-0.05, 0) is 61.2 Å². The molecule has 3 amide bonds. The summed E-state index contributed by atoms with van der Waals surface area (Å²) in [4.78, 5) is 55.4. The molecule has 3 aliphatic heterocycles. The maximum absolute atomic E-state index is 13.1. The molecular formula is C29H33N7O4. The fourth-order valence-corrected chi connectivity index (χ4v) is 6.09. The summed E-state index contributed by atoms with van der Waals surface area (Å²) in [6, 6.07) is 12.5. The fourth-order valence-electron chi connectivity index (χ4n) is 6.09. The van der Waals surface area contributed by atoms with E-state index in [1.807, 2.05) is 30.3 Å². The number of primary amides is 1. The summed E-state index contributed by atoms with van der Waals surface area (Å²) in [6.07, 6.45) is 3.24. The highest BCUT2D eigenvalue weighted by Crippen LogP contribution is 2.26. The number of nitrogens with two attached hydrogens (primary N) is 1. The van der Waals surface area contributed by atoms with Crippen LogP contribution in [0, 0.1) is 5.92 Å². The van der Waals surface area contributed by atoms with Crippen molar-refractivity contribution in [1.29, 1.82) is 0 Å². The molecule has 6 rings (SSSR count). The van der Waals surface area contributed by atoms with Crippen molar-refractivity contribution in [3.63, 3.8) is 0 Å². The molecule has 4 heterocycles. The minimum atomic E-state index is -0.767. The quantitative estimate of drug-likeness (QED) is 0.442. The minimum absolute atomic E-state index is 0.193. The molecule has 3 aliphatic rings. The van der Waals surface area contributed by atoms with Crippen molar-refractivity contribution >= 4 is 39.9 Å². The number of hydrogen-bond acceptors (Lipinski definition) is 8. The van der Waals surface area contributed by atoms with E-state index in [-0.39, 0.29) is 24.3 Å². The minimum Gasteiger partial charge on any atom is -0.371 e. The van der Waals surface area contributed by atoms with Gasteiger partial charge in [0.05, 0.1) is 11.6 Å². The number of hydrogen-bond donors (Lipinski definition) is 2. The summed E-state index contributed by atoms with van der Waals surface area (Å²) in [5, 5.41) is 7.82. The SMILES string of the molecule is NC(=O)c1ccc(N2CCC(CN3CCN(c4ccc5c(=O)n([C@@H]6CCC(=O)NC6=O)ncc5c4)CC3)C2)cc1. The average molecular weight is 544 g/mol. The van der Waals surface area contributed by atoms with E-state index in [2.05, 4.69) is 25.1 Å². The Kier molecular flexibility index (Phi) is 6.97. The van der Waals surface area contributed by atoms with E-state index in [0.717, 1.165) is 69.0 Å². The van der Waals surface area contributed by atoms with Gasteiger partial charge in [-0.15, -0.1) is 0 Å². The Morgan fingerprint density at radius 1 is 0.925 bits per heavy atom. The van der Waals surface area contributed by atoms with Gasteiger partial charge in [-0.3, -0.25) is 29.4 Å². The Labute approximate surface area is 231 Å². The van der Waals surface area contributed by atoms with Crippen molar-refractivity contribution < 1.29 is 14.4 Å². The molecule has 11 nitrogen and oxygen atoms in total. The lowest BCUT2D eigenvalue weighted by molar-refractivity contribution is -0.136. The second-order valence-electron chi connectivity index (χ2n) is 10.9. The van der Waals surface area contributed by atoms with Gasteiger partial charge < -0.3 is 15.5 Å². The lowest BCUT2D eigenvalue weighted by Gasteiger charge is -2.37. The second kappa shape index (κ2) is 10.7. The summed E-state index contributed by atoms with van der Waals surface area (Å²) in [5.41, 5.74) is 7.76. The predicted molar refractivity (Wildman–Crippen MR) is 151 cm³/mol. The third kappa shape index (κ3) is 5.16. The Morgan fingerprint density at radius 2 is 1.68 bits per heavy atom. The highest BCUT2D eigenvalue weighted by molar-refractivity contribution is 5.99. The van der Waals surface area contributed by atoms with Crippen LogP contribution >= 0.6 is 0 Å².